The molecule has 0 unspecified atom stereocenters. The van der Waals surface area contributed by atoms with Crippen molar-refractivity contribution in [2.75, 3.05) is 0 Å². The third kappa shape index (κ3) is 25.0. The maximum atomic E-state index is 4.79. The van der Waals surface area contributed by atoms with Crippen molar-refractivity contribution in [2.45, 2.75) is 55.4 Å². The predicted octanol–water partition coefficient (Wildman–Crippen LogP) is 24.5. The molecule has 22 aromatic rings. The van der Waals surface area contributed by atoms with Gasteiger partial charge in [0.25, 0.3) is 0 Å². The smallest absolute Gasteiger partial charge is 0.181 e. The molecule has 0 aliphatic rings. The second kappa shape index (κ2) is 45.0. The van der Waals surface area contributed by atoms with Crippen LogP contribution < -0.4 is 0 Å². The molecule has 22 rings (SSSR count). The van der Waals surface area contributed by atoms with E-state index in [1.165, 1.54) is 22.1 Å². The maximum Gasteiger partial charge on any atom is 0.181 e. The molecule has 0 saturated carbocycles. The van der Waals surface area contributed by atoms with Crippen molar-refractivity contribution in [3.8, 4) is 113 Å². The summed E-state index contributed by atoms with van der Waals surface area (Å²) < 4.78 is 0. The molecule has 14 heterocycles. The van der Waals surface area contributed by atoms with Crippen LogP contribution in [0.4, 0.5) is 0 Å². The predicted molar refractivity (Wildman–Crippen MR) is 528 cm³/mol. The lowest BCUT2D eigenvalue weighted by molar-refractivity contribution is 0.935. The van der Waals surface area contributed by atoms with Crippen molar-refractivity contribution in [3.05, 3.63) is 453 Å². The number of rotatable bonds is 10. The van der Waals surface area contributed by atoms with Crippen LogP contribution in [0.5, 0.6) is 0 Å². The highest BCUT2D eigenvalue weighted by Gasteiger charge is 2.14. The molecule has 21 nitrogen and oxygen atoms in total. The van der Waals surface area contributed by atoms with Crippen molar-refractivity contribution in [1.82, 2.24) is 105 Å². The molecule has 0 aliphatic heterocycles. The van der Waals surface area contributed by atoms with E-state index in [2.05, 4.69) is 188 Å². The van der Waals surface area contributed by atoms with Crippen LogP contribution in [0.1, 0.15) is 45.4 Å². The van der Waals surface area contributed by atoms with Crippen molar-refractivity contribution >= 4 is 44.0 Å². The Kier molecular flexibility index (Phi) is 30.4. The van der Waals surface area contributed by atoms with E-state index < -0.39 is 0 Å². The molecular formula is C111H91N21. The maximum absolute atomic E-state index is 4.79. The van der Waals surface area contributed by atoms with Crippen LogP contribution in [-0.4, -0.2) is 105 Å². The van der Waals surface area contributed by atoms with Crippen LogP contribution in [0, 0.1) is 55.4 Å². The molecule has 0 fully saturated rings. The van der Waals surface area contributed by atoms with Crippen molar-refractivity contribution in [1.29, 1.82) is 0 Å². The first-order valence-corrected chi connectivity index (χ1v) is 42.8. The summed E-state index contributed by atoms with van der Waals surface area (Å²) in [7, 11) is 0. The molecule has 0 atom stereocenters. The molecule has 21 heteroatoms. The van der Waals surface area contributed by atoms with E-state index in [1.54, 1.807) is 55.8 Å². The Labute approximate surface area is 766 Å². The van der Waals surface area contributed by atoms with E-state index >= 15 is 0 Å². The molecule has 0 saturated heterocycles. The van der Waals surface area contributed by atoms with E-state index in [9.17, 15) is 0 Å². The van der Waals surface area contributed by atoms with Gasteiger partial charge in [-0.15, -0.1) is 5.10 Å². The van der Waals surface area contributed by atoms with Crippen LogP contribution in [0.2, 0.25) is 0 Å². The summed E-state index contributed by atoms with van der Waals surface area (Å²) in [6, 6.07) is 114. The molecule has 0 amide bonds. The summed E-state index contributed by atoms with van der Waals surface area (Å²) in [6.45, 7) is 15.8. The van der Waals surface area contributed by atoms with Gasteiger partial charge in [0.15, 0.2) is 28.9 Å². The Bertz CT molecular complexity index is 6910. The number of fused-ring (bicyclic) bond motifs is 4. The number of benzene rings is 8. The highest BCUT2D eigenvalue weighted by Crippen LogP contribution is 2.32. The largest absolute Gasteiger partial charge is 0.262 e. The second-order valence-corrected chi connectivity index (χ2v) is 30.3. The van der Waals surface area contributed by atoms with Gasteiger partial charge in [0.2, 0.25) is 0 Å². The summed E-state index contributed by atoms with van der Waals surface area (Å²) in [5.41, 5.74) is 28.3. The van der Waals surface area contributed by atoms with Crippen LogP contribution >= 0.6 is 0 Å². The van der Waals surface area contributed by atoms with E-state index in [-0.39, 0.29) is 0 Å². The fourth-order valence-electron chi connectivity index (χ4n) is 13.8. The summed E-state index contributed by atoms with van der Waals surface area (Å²) in [4.78, 5) is 83.1. The molecule has 8 aromatic carbocycles. The first kappa shape index (κ1) is 89.2. The van der Waals surface area contributed by atoms with Gasteiger partial charge in [0, 0.05) is 105 Å². The minimum atomic E-state index is 0.672. The van der Waals surface area contributed by atoms with Crippen molar-refractivity contribution in [3.63, 3.8) is 0 Å². The average Bonchev–Trinajstić information content (AvgIpc) is 0.802. The van der Waals surface area contributed by atoms with Gasteiger partial charge in [-0.1, -0.05) is 237 Å². The SMILES string of the molecule is Cc1cc(-c2ccccc2)c2ccccc2n1.Cc1cc(-c2ccccc2)nc(-c2ccccn2)c1.Cc1cc(-c2ccccn2)nc(-c2ccccn2)c1.Cc1cc(-c2ccnc3ccccc23)nc(-c2ccccc2)n1.Cc1cnc(-c2ccccc2)nn1.Cc1cnc2cccnc2n1.Cc1cnc2ccncc2n1.Cc1nc(-c2ccccc2)nc(-c2ccccc2)n1. The van der Waals surface area contributed by atoms with E-state index in [0.29, 0.717) is 23.1 Å². The fraction of sp³-hybridized carbons (Fsp3) is 0.0721. The average molecular weight is 1720 g/mol. The van der Waals surface area contributed by atoms with Gasteiger partial charge in [0.05, 0.1) is 91.6 Å². The fourth-order valence-corrected chi connectivity index (χ4v) is 13.8. The van der Waals surface area contributed by atoms with E-state index in [4.69, 9.17) is 9.97 Å². The number of hydrogen-bond donors (Lipinski definition) is 0. The molecule has 0 N–H and O–H groups in total. The monoisotopic (exact) mass is 1720 g/mol. The molecule has 640 valence electrons. The first-order valence-electron chi connectivity index (χ1n) is 42.8. The summed E-state index contributed by atoms with van der Waals surface area (Å²) in [5.74, 6) is 3.58. The topological polar surface area (TPSA) is 271 Å². The number of aromatic nitrogens is 21. The lowest BCUT2D eigenvalue weighted by Gasteiger charge is -2.09. The number of hydrogen-bond acceptors (Lipinski definition) is 21. The third-order valence-electron chi connectivity index (χ3n) is 20.0. The Hall–Kier alpha value is -17.6. The minimum Gasteiger partial charge on any atom is -0.262 e. The van der Waals surface area contributed by atoms with Crippen LogP contribution in [-0.2, 0) is 0 Å². The standard InChI is InChI=1S/C20H15N3.C17H14N2.2C16H13N3.C16H13N.C10H9N3.2C8H7N3/c1-14-13-19(23-20(22-14)15-7-3-2-4-8-15)17-11-12-21-18-10-6-5-9-16(17)18;1-13-11-16(14-7-3-2-4-8-14)19-17(12-13)15-9-5-6-10-18-15;1-12-10-15(13-6-2-4-8-17-13)19-16(11-12)14-7-3-5-9-18-14;1-12-17-15(13-8-4-2-5-9-13)19-16(18-12)14-10-6-3-7-11-14;1-12-11-15(13-7-3-2-4-8-13)14-9-5-6-10-16(14)17-12;1-8-7-11-10(13-12-8)9-5-3-2-4-6-9;1-6-4-10-7-2-3-9-5-8(7)11-6;1-6-5-10-7-3-2-4-9-8(7)11-6/h2-13H,1H3;2-12H,1H3;2*2-11H,1H3;2-11H,1H3;2-7H,1H3;2*2-5H,1H3. The van der Waals surface area contributed by atoms with E-state index in [1.807, 2.05) is 315 Å². The molecule has 0 radical (unpaired) electrons. The normalized spacial score (nSPS) is 10.4. The number of pyridine rings is 9. The van der Waals surface area contributed by atoms with Crippen molar-refractivity contribution < 1.29 is 0 Å². The Morgan fingerprint density at radius 1 is 0.182 bits per heavy atom. The zero-order chi connectivity index (χ0) is 91.0. The highest BCUT2D eigenvalue weighted by atomic mass is 15.1. The summed E-state index contributed by atoms with van der Waals surface area (Å²) in [5, 5.41) is 10.2. The molecule has 0 aliphatic carbocycles. The van der Waals surface area contributed by atoms with Crippen LogP contribution in [0.3, 0.4) is 0 Å². The Morgan fingerprint density at radius 3 is 1.14 bits per heavy atom. The summed E-state index contributed by atoms with van der Waals surface area (Å²) >= 11 is 0. The molecular weight excluding hydrogens is 1630 g/mol. The van der Waals surface area contributed by atoms with Gasteiger partial charge in [0.1, 0.15) is 16.9 Å². The highest BCUT2D eigenvalue weighted by molar-refractivity contribution is 5.95. The zero-order valence-corrected chi connectivity index (χ0v) is 74.1. The van der Waals surface area contributed by atoms with Gasteiger partial charge in [-0.25, -0.2) is 54.8 Å². The molecule has 14 aromatic heterocycles. The Morgan fingerprint density at radius 2 is 0.606 bits per heavy atom. The second-order valence-electron chi connectivity index (χ2n) is 30.3. The van der Waals surface area contributed by atoms with Gasteiger partial charge in [-0.3, -0.25) is 39.9 Å². The molecule has 132 heavy (non-hydrogen) atoms. The number of nitrogens with zero attached hydrogens (tertiary/aromatic N) is 21. The number of para-hydroxylation sites is 2. The van der Waals surface area contributed by atoms with Gasteiger partial charge < -0.3 is 0 Å². The van der Waals surface area contributed by atoms with Gasteiger partial charge in [-0.05, 0) is 187 Å². The summed E-state index contributed by atoms with van der Waals surface area (Å²) in [6.07, 6.45) is 17.5. The minimum absolute atomic E-state index is 0.672. The molecule has 0 spiro atoms. The quantitative estimate of drug-likeness (QED) is 0.123. The van der Waals surface area contributed by atoms with Gasteiger partial charge in [-0.2, -0.15) is 5.10 Å². The van der Waals surface area contributed by atoms with Crippen LogP contribution in [0.15, 0.2) is 408 Å². The first-order chi connectivity index (χ1) is 64.7. The third-order valence-corrected chi connectivity index (χ3v) is 20.0. The molecule has 0 bridgehead atoms. The lowest BCUT2D eigenvalue weighted by Crippen LogP contribution is -1.99. The lowest BCUT2D eigenvalue weighted by atomic mass is 10.0. The zero-order valence-electron chi connectivity index (χ0n) is 74.1. The Balaban J connectivity index is 0.000000117. The van der Waals surface area contributed by atoms with Crippen molar-refractivity contribution in [2.24, 2.45) is 0 Å². The van der Waals surface area contributed by atoms with Crippen LogP contribution in [0.25, 0.3) is 157 Å². The van der Waals surface area contributed by atoms with Gasteiger partial charge >= 0.3 is 0 Å². The number of aryl methyl sites for hydroxylation is 8. The van der Waals surface area contributed by atoms with E-state index in [0.717, 1.165) is 158 Å².